The van der Waals surface area contributed by atoms with Crippen LogP contribution in [0.4, 0.5) is 11.5 Å². The minimum atomic E-state index is 0.978. The van der Waals surface area contributed by atoms with E-state index < -0.39 is 0 Å². The number of nitrogens with one attached hydrogen (secondary N) is 2. The van der Waals surface area contributed by atoms with Gasteiger partial charge in [0.05, 0.1) is 5.69 Å². The van der Waals surface area contributed by atoms with E-state index in [9.17, 15) is 0 Å². The fraction of sp³-hybridized carbons (Fsp3) is 0.571. The second-order valence-electron chi connectivity index (χ2n) is 2.79. The molecule has 4 nitrogen and oxygen atoms in total. The van der Waals surface area contributed by atoms with Gasteiger partial charge in [0.2, 0.25) is 0 Å². The molecule has 2 heterocycles. The van der Waals surface area contributed by atoms with Gasteiger partial charge >= 0.3 is 0 Å². The van der Waals surface area contributed by atoms with Crippen LogP contribution >= 0.6 is 0 Å². The third kappa shape index (κ3) is 0.859. The Bertz CT molecular complexity index is 250. The number of anilines is 2. The van der Waals surface area contributed by atoms with Gasteiger partial charge in [-0.3, -0.25) is 4.68 Å². The summed E-state index contributed by atoms with van der Waals surface area (Å²) >= 11 is 0. The Morgan fingerprint density at radius 3 is 2.82 bits per heavy atom. The fourth-order valence-corrected chi connectivity index (χ4v) is 1.44. The maximum absolute atomic E-state index is 4.28. The van der Waals surface area contributed by atoms with Crippen molar-refractivity contribution < 1.29 is 0 Å². The number of rotatable bonds is 0. The van der Waals surface area contributed by atoms with Crippen LogP contribution in [0.2, 0.25) is 0 Å². The normalized spacial score (nSPS) is 15.1. The third-order valence-electron chi connectivity index (χ3n) is 1.94. The summed E-state index contributed by atoms with van der Waals surface area (Å²) in [5.41, 5.74) is 2.22. The number of hydrogen-bond acceptors (Lipinski definition) is 3. The van der Waals surface area contributed by atoms with Crippen LogP contribution in [0.1, 0.15) is 5.69 Å². The predicted molar refractivity (Wildman–Crippen MR) is 44.9 cm³/mol. The molecule has 0 unspecified atom stereocenters. The first kappa shape index (κ1) is 6.52. The van der Waals surface area contributed by atoms with Crippen LogP contribution in [0.25, 0.3) is 0 Å². The third-order valence-corrected chi connectivity index (χ3v) is 1.94. The van der Waals surface area contributed by atoms with Crippen molar-refractivity contribution in [1.29, 1.82) is 0 Å². The van der Waals surface area contributed by atoms with Crippen molar-refractivity contribution in [3.05, 3.63) is 5.69 Å². The van der Waals surface area contributed by atoms with E-state index in [0.29, 0.717) is 0 Å². The second kappa shape index (κ2) is 2.15. The molecule has 60 valence electrons. The van der Waals surface area contributed by atoms with E-state index in [1.54, 1.807) is 0 Å². The Labute approximate surface area is 65.6 Å². The van der Waals surface area contributed by atoms with Crippen molar-refractivity contribution in [2.75, 3.05) is 23.7 Å². The van der Waals surface area contributed by atoms with Gasteiger partial charge in [0, 0.05) is 20.1 Å². The zero-order valence-electron chi connectivity index (χ0n) is 6.81. The van der Waals surface area contributed by atoms with E-state index in [1.165, 1.54) is 0 Å². The van der Waals surface area contributed by atoms with Crippen molar-refractivity contribution in [3.63, 3.8) is 0 Å². The molecular weight excluding hydrogens is 140 g/mol. The van der Waals surface area contributed by atoms with Gasteiger partial charge in [-0.05, 0) is 6.92 Å². The maximum Gasteiger partial charge on any atom is 0.148 e. The minimum Gasteiger partial charge on any atom is -0.379 e. The molecule has 0 aromatic carbocycles. The summed E-state index contributed by atoms with van der Waals surface area (Å²) < 4.78 is 1.87. The number of aromatic nitrogens is 2. The molecule has 2 N–H and O–H groups in total. The smallest absolute Gasteiger partial charge is 0.148 e. The fourth-order valence-electron chi connectivity index (χ4n) is 1.44. The van der Waals surface area contributed by atoms with E-state index >= 15 is 0 Å². The summed E-state index contributed by atoms with van der Waals surface area (Å²) in [5.74, 6) is 1.11. The van der Waals surface area contributed by atoms with Crippen LogP contribution in [0.5, 0.6) is 0 Å². The van der Waals surface area contributed by atoms with E-state index in [1.807, 2.05) is 18.7 Å². The van der Waals surface area contributed by atoms with Crippen molar-refractivity contribution in [2.24, 2.45) is 7.05 Å². The zero-order chi connectivity index (χ0) is 7.84. The first-order valence-corrected chi connectivity index (χ1v) is 3.80. The standard InChI is InChI=1S/C7H12N4/c1-5-6-7(11(2)10-5)9-4-3-8-6/h8-9H,3-4H2,1-2H3. The van der Waals surface area contributed by atoms with Crippen LogP contribution < -0.4 is 10.6 Å². The van der Waals surface area contributed by atoms with Gasteiger partial charge in [0.1, 0.15) is 11.5 Å². The van der Waals surface area contributed by atoms with Gasteiger partial charge in [-0.15, -0.1) is 0 Å². The van der Waals surface area contributed by atoms with Crippen molar-refractivity contribution in [1.82, 2.24) is 9.78 Å². The summed E-state index contributed by atoms with van der Waals surface area (Å²) in [7, 11) is 1.95. The lowest BCUT2D eigenvalue weighted by atomic mass is 10.3. The van der Waals surface area contributed by atoms with E-state index in [-0.39, 0.29) is 0 Å². The van der Waals surface area contributed by atoms with Crippen molar-refractivity contribution in [3.8, 4) is 0 Å². The molecule has 11 heavy (non-hydrogen) atoms. The van der Waals surface area contributed by atoms with Crippen LogP contribution in [-0.2, 0) is 7.05 Å². The Hall–Kier alpha value is -1.19. The highest BCUT2D eigenvalue weighted by Gasteiger charge is 2.14. The van der Waals surface area contributed by atoms with Crippen LogP contribution in [0.15, 0.2) is 0 Å². The number of nitrogens with zero attached hydrogens (tertiary/aromatic N) is 2. The molecule has 0 saturated carbocycles. The Morgan fingerprint density at radius 1 is 1.36 bits per heavy atom. The van der Waals surface area contributed by atoms with Crippen LogP contribution in [0, 0.1) is 6.92 Å². The molecular formula is C7H12N4. The lowest BCUT2D eigenvalue weighted by Gasteiger charge is -2.16. The topological polar surface area (TPSA) is 41.9 Å². The van der Waals surface area contributed by atoms with Gasteiger partial charge in [0.15, 0.2) is 0 Å². The van der Waals surface area contributed by atoms with Gasteiger partial charge in [-0.2, -0.15) is 5.10 Å². The summed E-state index contributed by atoms with van der Waals surface area (Å²) in [5, 5.41) is 10.9. The highest BCUT2D eigenvalue weighted by molar-refractivity contribution is 5.69. The average molecular weight is 152 g/mol. The molecule has 0 bridgehead atoms. The molecule has 0 radical (unpaired) electrons. The van der Waals surface area contributed by atoms with Crippen LogP contribution in [-0.4, -0.2) is 22.9 Å². The molecule has 0 spiro atoms. The molecule has 2 rings (SSSR count). The largest absolute Gasteiger partial charge is 0.379 e. The molecule has 0 fully saturated rings. The molecule has 1 aliphatic rings. The zero-order valence-corrected chi connectivity index (χ0v) is 6.81. The maximum atomic E-state index is 4.28. The summed E-state index contributed by atoms with van der Waals surface area (Å²) in [6.45, 7) is 3.98. The van der Waals surface area contributed by atoms with E-state index in [2.05, 4.69) is 15.7 Å². The lowest BCUT2D eigenvalue weighted by Crippen LogP contribution is -2.21. The second-order valence-corrected chi connectivity index (χ2v) is 2.79. The minimum absolute atomic E-state index is 0.978. The molecule has 0 aliphatic carbocycles. The monoisotopic (exact) mass is 152 g/mol. The van der Waals surface area contributed by atoms with Gasteiger partial charge < -0.3 is 10.6 Å². The first-order valence-electron chi connectivity index (χ1n) is 3.80. The van der Waals surface area contributed by atoms with Gasteiger partial charge in [-0.25, -0.2) is 0 Å². The number of fused-ring (bicyclic) bond motifs is 1. The lowest BCUT2D eigenvalue weighted by molar-refractivity contribution is 0.758. The molecule has 1 aromatic heterocycles. The Balaban J connectivity index is 2.52. The number of aryl methyl sites for hydroxylation is 2. The summed E-state index contributed by atoms with van der Waals surface area (Å²) in [4.78, 5) is 0. The van der Waals surface area contributed by atoms with Crippen LogP contribution in [0.3, 0.4) is 0 Å². The van der Waals surface area contributed by atoms with E-state index in [4.69, 9.17) is 0 Å². The molecule has 0 amide bonds. The predicted octanol–water partition coefficient (Wildman–Crippen LogP) is 0.566. The quantitative estimate of drug-likeness (QED) is 0.571. The summed E-state index contributed by atoms with van der Waals surface area (Å²) in [6, 6.07) is 0. The molecule has 1 aliphatic heterocycles. The SMILES string of the molecule is Cc1nn(C)c2c1NCCN2. The molecule has 0 saturated heterocycles. The van der Waals surface area contributed by atoms with Gasteiger partial charge in [-0.1, -0.05) is 0 Å². The Morgan fingerprint density at radius 2 is 2.09 bits per heavy atom. The summed E-state index contributed by atoms with van der Waals surface area (Å²) in [6.07, 6.45) is 0. The highest BCUT2D eigenvalue weighted by atomic mass is 15.3. The van der Waals surface area contributed by atoms with Gasteiger partial charge in [0.25, 0.3) is 0 Å². The molecule has 4 heteroatoms. The highest BCUT2D eigenvalue weighted by Crippen LogP contribution is 2.26. The average Bonchev–Trinajstić information content (AvgIpc) is 2.30. The van der Waals surface area contributed by atoms with Crippen molar-refractivity contribution in [2.45, 2.75) is 6.92 Å². The number of hydrogen-bond donors (Lipinski definition) is 2. The van der Waals surface area contributed by atoms with Crippen molar-refractivity contribution >= 4 is 11.5 Å². The van der Waals surface area contributed by atoms with E-state index in [0.717, 1.165) is 30.3 Å². The first-order chi connectivity index (χ1) is 5.29. The Kier molecular flexibility index (Phi) is 1.27. The molecule has 0 atom stereocenters. The molecule has 1 aromatic rings.